The van der Waals surface area contributed by atoms with Crippen LogP contribution in [0.5, 0.6) is 0 Å². The van der Waals surface area contributed by atoms with E-state index in [-0.39, 0.29) is 5.91 Å². The molecule has 2 N–H and O–H groups in total. The van der Waals surface area contributed by atoms with Crippen molar-refractivity contribution in [2.75, 3.05) is 45.3 Å². The fourth-order valence-electron chi connectivity index (χ4n) is 3.04. The van der Waals surface area contributed by atoms with E-state index in [4.69, 9.17) is 9.47 Å². The third-order valence-electron chi connectivity index (χ3n) is 4.74. The molecule has 4 rings (SSSR count). The molecule has 3 aliphatic rings. The first-order chi connectivity index (χ1) is 12.2. The van der Waals surface area contributed by atoms with Gasteiger partial charge in [-0.3, -0.25) is 4.79 Å². The molecule has 1 saturated heterocycles. The quantitative estimate of drug-likeness (QED) is 0.720. The predicted molar refractivity (Wildman–Crippen MR) is 91.5 cm³/mol. The Morgan fingerprint density at radius 2 is 2.24 bits per heavy atom. The zero-order chi connectivity index (χ0) is 17.4. The molecule has 0 atom stereocenters. The summed E-state index contributed by atoms with van der Waals surface area (Å²) in [5, 5.41) is 16.4. The molecule has 9 heteroatoms. The van der Waals surface area contributed by atoms with Crippen molar-refractivity contribution in [2.24, 2.45) is 5.41 Å². The van der Waals surface area contributed by atoms with E-state index in [1.54, 1.807) is 7.11 Å². The number of morpholine rings is 1. The van der Waals surface area contributed by atoms with Gasteiger partial charge in [0.1, 0.15) is 10.8 Å². The number of nitriles is 1. The minimum atomic E-state index is -0.866. The highest BCUT2D eigenvalue weighted by Gasteiger charge is 2.51. The highest BCUT2D eigenvalue weighted by Crippen LogP contribution is 2.45. The van der Waals surface area contributed by atoms with Gasteiger partial charge in [-0.1, -0.05) is 11.3 Å². The second kappa shape index (κ2) is 6.20. The van der Waals surface area contributed by atoms with Crippen LogP contribution in [-0.2, 0) is 14.3 Å². The van der Waals surface area contributed by atoms with E-state index in [1.165, 1.54) is 11.3 Å². The van der Waals surface area contributed by atoms with Gasteiger partial charge in [0, 0.05) is 13.1 Å². The zero-order valence-corrected chi connectivity index (χ0v) is 14.7. The molecule has 0 aromatic carbocycles. The highest BCUT2D eigenvalue weighted by molar-refractivity contribution is 7.13. The number of nitrogens with zero attached hydrogens (tertiary/aromatic N) is 3. The van der Waals surface area contributed by atoms with E-state index in [2.05, 4.69) is 26.6 Å². The molecule has 25 heavy (non-hydrogen) atoms. The average molecular weight is 361 g/mol. The van der Waals surface area contributed by atoms with Crippen LogP contribution in [-0.4, -0.2) is 55.7 Å². The van der Waals surface area contributed by atoms with Crippen LogP contribution in [0.4, 0.5) is 5.13 Å². The Morgan fingerprint density at radius 3 is 2.88 bits per heavy atom. The van der Waals surface area contributed by atoms with Crippen LogP contribution in [0.1, 0.15) is 12.8 Å². The van der Waals surface area contributed by atoms with Crippen LogP contribution in [0.2, 0.25) is 0 Å². The lowest BCUT2D eigenvalue weighted by Crippen LogP contribution is -2.47. The van der Waals surface area contributed by atoms with Crippen molar-refractivity contribution in [3.63, 3.8) is 0 Å². The van der Waals surface area contributed by atoms with Gasteiger partial charge < -0.3 is 25.0 Å². The maximum Gasteiger partial charge on any atom is 0.246 e. The lowest BCUT2D eigenvalue weighted by Gasteiger charge is -2.32. The molecule has 2 fully saturated rings. The van der Waals surface area contributed by atoms with Crippen molar-refractivity contribution in [1.29, 1.82) is 5.26 Å². The van der Waals surface area contributed by atoms with Crippen LogP contribution in [0.3, 0.4) is 0 Å². The first-order valence-electron chi connectivity index (χ1n) is 8.24. The molecule has 0 spiro atoms. The summed E-state index contributed by atoms with van der Waals surface area (Å²) in [7, 11) is 1.60. The Labute approximate surface area is 148 Å². The minimum Gasteiger partial charge on any atom is -0.481 e. The number of hydrogen-bond donors (Lipinski definition) is 2. The molecule has 0 bridgehead atoms. The molecule has 1 saturated carbocycles. The van der Waals surface area contributed by atoms with Crippen molar-refractivity contribution in [3.05, 3.63) is 9.88 Å². The summed E-state index contributed by atoms with van der Waals surface area (Å²) >= 11 is 1.43. The van der Waals surface area contributed by atoms with Crippen molar-refractivity contribution in [2.45, 2.75) is 12.8 Å². The first kappa shape index (κ1) is 16.2. The summed E-state index contributed by atoms with van der Waals surface area (Å²) in [6.45, 7) is 3.71. The number of fused-ring (bicyclic) bond motifs is 1. The largest absolute Gasteiger partial charge is 0.481 e. The van der Waals surface area contributed by atoms with Crippen LogP contribution in [0.25, 0.3) is 11.6 Å². The number of amides is 1. The monoisotopic (exact) mass is 361 g/mol. The van der Waals surface area contributed by atoms with Crippen molar-refractivity contribution >= 4 is 34.0 Å². The molecule has 0 radical (unpaired) electrons. The maximum atomic E-state index is 12.3. The summed E-state index contributed by atoms with van der Waals surface area (Å²) < 4.78 is 11.8. The summed E-state index contributed by atoms with van der Waals surface area (Å²) in [5.41, 5.74) is 0.271. The van der Waals surface area contributed by atoms with Gasteiger partial charge in [0.05, 0.1) is 43.2 Å². The molecule has 1 aromatic heterocycles. The number of rotatable bonds is 4. The Bertz CT molecular complexity index is 861. The average Bonchev–Trinajstić information content (AvgIpc) is 3.35. The summed E-state index contributed by atoms with van der Waals surface area (Å²) in [4.78, 5) is 19.1. The molecule has 1 aromatic rings. The van der Waals surface area contributed by atoms with Gasteiger partial charge >= 0.3 is 0 Å². The van der Waals surface area contributed by atoms with Crippen LogP contribution < -0.4 is 20.5 Å². The lowest BCUT2D eigenvalue weighted by molar-refractivity contribution is -0.119. The predicted octanol–water partition coefficient (Wildman–Crippen LogP) is -0.859. The van der Waals surface area contributed by atoms with Crippen LogP contribution in [0.15, 0.2) is 0 Å². The van der Waals surface area contributed by atoms with E-state index in [0.29, 0.717) is 49.0 Å². The fraction of sp³-hybridized carbons (Fsp3) is 0.562. The van der Waals surface area contributed by atoms with Crippen molar-refractivity contribution in [3.8, 4) is 6.07 Å². The lowest BCUT2D eigenvalue weighted by atomic mass is 10.1. The number of carbonyl (C=O) groups is 1. The Hall–Kier alpha value is -2.31. The number of thiazole rings is 1. The number of carbonyl (C=O) groups excluding carboxylic acids is 1. The number of methoxy groups -OCH3 is 1. The van der Waals surface area contributed by atoms with Gasteiger partial charge in [-0.25, -0.2) is 4.98 Å². The van der Waals surface area contributed by atoms with Crippen molar-refractivity contribution < 1.29 is 14.3 Å². The number of nitrogens with one attached hydrogen (secondary N) is 2. The van der Waals surface area contributed by atoms with E-state index >= 15 is 0 Å². The molecule has 0 unspecified atom stereocenters. The number of ether oxygens (including phenoxy) is 2. The van der Waals surface area contributed by atoms with E-state index in [0.717, 1.165) is 23.3 Å². The van der Waals surface area contributed by atoms with Gasteiger partial charge in [-0.15, -0.1) is 0 Å². The minimum absolute atomic E-state index is 0.263. The first-order valence-corrected chi connectivity index (χ1v) is 9.06. The molecule has 1 amide bonds. The summed E-state index contributed by atoms with van der Waals surface area (Å²) in [6, 6.07) is 2.11. The standard InChI is InChI=1S/C16H19N5O3S/c1-23-13-11-12(10(8-18-13)21-4-6-24-7-5-21)25-15(19-11)20-14(22)16(9-17)2-3-16/h18H,2-8H2,1H3,(H,19,20,22). The van der Waals surface area contributed by atoms with Crippen molar-refractivity contribution in [1.82, 2.24) is 15.2 Å². The SMILES string of the molecule is COC1=c2nc(NC(=O)C3(C#N)CC3)sc2=C(N2CCOCC2)CN1. The van der Waals surface area contributed by atoms with E-state index < -0.39 is 5.41 Å². The Kier molecular flexibility index (Phi) is 4.01. The molecule has 132 valence electrons. The Morgan fingerprint density at radius 1 is 1.48 bits per heavy atom. The third kappa shape index (κ3) is 2.81. The summed E-state index contributed by atoms with van der Waals surface area (Å²) in [5.74, 6) is 0.339. The molecule has 1 aliphatic carbocycles. The van der Waals surface area contributed by atoms with Gasteiger partial charge in [0.25, 0.3) is 0 Å². The number of hydrogen-bond acceptors (Lipinski definition) is 8. The fourth-order valence-corrected chi connectivity index (χ4v) is 4.07. The van der Waals surface area contributed by atoms with Gasteiger partial charge in [0.2, 0.25) is 11.8 Å². The summed E-state index contributed by atoms with van der Waals surface area (Å²) in [6.07, 6.45) is 1.23. The highest BCUT2D eigenvalue weighted by atomic mass is 32.1. The molecule has 8 nitrogen and oxygen atoms in total. The van der Waals surface area contributed by atoms with Crippen LogP contribution in [0, 0.1) is 16.7 Å². The van der Waals surface area contributed by atoms with Crippen LogP contribution >= 0.6 is 11.3 Å². The number of aromatic nitrogens is 1. The second-order valence-corrected chi connectivity index (χ2v) is 7.28. The van der Waals surface area contributed by atoms with E-state index in [1.807, 2.05) is 0 Å². The normalized spacial score (nSPS) is 21.0. The topological polar surface area (TPSA) is 99.5 Å². The van der Waals surface area contributed by atoms with Gasteiger partial charge in [-0.05, 0) is 12.8 Å². The van der Waals surface area contributed by atoms with Gasteiger partial charge in [-0.2, -0.15) is 5.26 Å². The second-order valence-electron chi connectivity index (χ2n) is 6.28. The maximum absolute atomic E-state index is 12.3. The van der Waals surface area contributed by atoms with Gasteiger partial charge in [0.15, 0.2) is 5.13 Å². The number of anilines is 1. The molecular weight excluding hydrogens is 342 g/mol. The zero-order valence-electron chi connectivity index (χ0n) is 13.9. The molecule has 3 heterocycles. The molecule has 2 aliphatic heterocycles. The smallest absolute Gasteiger partial charge is 0.246 e. The Balaban J connectivity index is 1.72. The third-order valence-corrected chi connectivity index (χ3v) is 5.76. The molecular formula is C16H19N5O3S. The van der Waals surface area contributed by atoms with E-state index in [9.17, 15) is 10.1 Å².